The number of rotatable bonds is 6. The Labute approximate surface area is 174 Å². The van der Waals surface area contributed by atoms with Gasteiger partial charge in [-0.05, 0) is 43.5 Å². The van der Waals surface area contributed by atoms with Crippen molar-refractivity contribution < 1.29 is 14.0 Å². The fourth-order valence-electron chi connectivity index (χ4n) is 3.45. The maximum absolute atomic E-state index is 13.7. The molecule has 8 heteroatoms. The molecule has 158 valence electrons. The van der Waals surface area contributed by atoms with Crippen molar-refractivity contribution >= 4 is 22.8 Å². The summed E-state index contributed by atoms with van der Waals surface area (Å²) in [4.78, 5) is 31.6. The molecule has 0 saturated carbocycles. The predicted octanol–water partition coefficient (Wildman–Crippen LogP) is 3.57. The van der Waals surface area contributed by atoms with Crippen molar-refractivity contribution in [3.05, 3.63) is 59.2 Å². The van der Waals surface area contributed by atoms with E-state index in [4.69, 9.17) is 10.7 Å². The van der Waals surface area contributed by atoms with Crippen LogP contribution in [-0.2, 0) is 4.79 Å². The van der Waals surface area contributed by atoms with Crippen LogP contribution in [0.3, 0.4) is 0 Å². The summed E-state index contributed by atoms with van der Waals surface area (Å²) in [7, 11) is 1.48. The van der Waals surface area contributed by atoms with Crippen molar-refractivity contribution in [2.45, 2.75) is 45.7 Å². The molecule has 7 nitrogen and oxygen atoms in total. The molecule has 0 aliphatic heterocycles. The van der Waals surface area contributed by atoms with Gasteiger partial charge in [0.05, 0.1) is 17.1 Å². The summed E-state index contributed by atoms with van der Waals surface area (Å²) in [5.74, 6) is -1.59. The number of likely N-dealkylation sites (N-methyl/N-ethyl adjacent to an activating group) is 1. The number of aromatic nitrogens is 3. The van der Waals surface area contributed by atoms with E-state index in [9.17, 15) is 14.0 Å². The molecule has 0 saturated heterocycles. The molecule has 0 bridgehead atoms. The number of halogens is 1. The number of amides is 2. The van der Waals surface area contributed by atoms with Gasteiger partial charge in [0.2, 0.25) is 5.91 Å². The Bertz CT molecular complexity index is 1110. The number of hydrogen-bond donors (Lipinski definition) is 1. The van der Waals surface area contributed by atoms with Gasteiger partial charge in [-0.1, -0.05) is 26.0 Å². The number of carbonyl (C=O) groups is 2. The Hall–Kier alpha value is -3.29. The number of pyridine rings is 1. The Morgan fingerprint density at radius 2 is 1.87 bits per heavy atom. The zero-order valence-electron chi connectivity index (χ0n) is 17.8. The van der Waals surface area contributed by atoms with Crippen LogP contribution in [0.4, 0.5) is 4.39 Å². The van der Waals surface area contributed by atoms with Gasteiger partial charge in [0.1, 0.15) is 11.9 Å². The van der Waals surface area contributed by atoms with Crippen LogP contribution >= 0.6 is 0 Å². The van der Waals surface area contributed by atoms with Crippen LogP contribution in [0.5, 0.6) is 0 Å². The first-order valence-corrected chi connectivity index (χ1v) is 9.81. The number of benzene rings is 1. The third kappa shape index (κ3) is 3.90. The average Bonchev–Trinajstić information content (AvgIpc) is 3.10. The lowest BCUT2D eigenvalue weighted by molar-refractivity contribution is -0.122. The first-order chi connectivity index (χ1) is 14.1. The van der Waals surface area contributed by atoms with Crippen LogP contribution in [0.1, 0.15) is 67.3 Å². The highest BCUT2D eigenvalue weighted by molar-refractivity contribution is 6.06. The van der Waals surface area contributed by atoms with Crippen LogP contribution in [0.25, 0.3) is 11.0 Å². The van der Waals surface area contributed by atoms with Crippen LogP contribution in [0.2, 0.25) is 0 Å². The fourth-order valence-corrected chi connectivity index (χ4v) is 3.45. The van der Waals surface area contributed by atoms with Gasteiger partial charge in [0.15, 0.2) is 5.65 Å². The lowest BCUT2D eigenvalue weighted by Crippen LogP contribution is -2.39. The summed E-state index contributed by atoms with van der Waals surface area (Å²) in [6.45, 7) is 7.94. The van der Waals surface area contributed by atoms with Gasteiger partial charge in [-0.2, -0.15) is 5.10 Å². The van der Waals surface area contributed by atoms with Gasteiger partial charge in [-0.15, -0.1) is 0 Å². The van der Waals surface area contributed by atoms with E-state index in [1.54, 1.807) is 23.0 Å². The van der Waals surface area contributed by atoms with E-state index in [-0.39, 0.29) is 12.0 Å². The molecule has 2 N–H and O–H groups in total. The van der Waals surface area contributed by atoms with E-state index in [2.05, 4.69) is 5.10 Å². The smallest absolute Gasteiger partial charge is 0.255 e. The molecule has 2 heterocycles. The van der Waals surface area contributed by atoms with Crippen molar-refractivity contribution in [3.8, 4) is 0 Å². The van der Waals surface area contributed by atoms with E-state index in [1.807, 2.05) is 27.7 Å². The molecule has 3 rings (SSSR count). The molecule has 0 fully saturated rings. The number of nitrogens with two attached hydrogens (primary N) is 1. The van der Waals surface area contributed by atoms with Crippen LogP contribution in [0, 0.1) is 5.82 Å². The van der Waals surface area contributed by atoms with Crippen LogP contribution in [-0.4, -0.2) is 38.5 Å². The first-order valence-electron chi connectivity index (χ1n) is 9.81. The normalized spacial score (nSPS) is 12.5. The molecule has 1 aromatic carbocycles. The van der Waals surface area contributed by atoms with E-state index in [0.717, 1.165) is 5.69 Å². The molecular weight excluding hydrogens is 385 g/mol. The lowest BCUT2D eigenvalue weighted by Gasteiger charge is -2.26. The third-order valence-corrected chi connectivity index (χ3v) is 5.04. The molecular formula is C22H26FN5O2. The summed E-state index contributed by atoms with van der Waals surface area (Å²) >= 11 is 0. The standard InChI is InChI=1S/C22H26FN5O2/c1-12(2)18-10-16(17-11-25-28(13(3)4)21(17)26-18)22(30)27(5)19(20(24)29)14-7-6-8-15(23)9-14/h6-13,19H,1-5H3,(H2,24,29). The van der Waals surface area contributed by atoms with Gasteiger partial charge in [-0.3, -0.25) is 9.59 Å². The Balaban J connectivity index is 2.14. The molecule has 0 spiro atoms. The largest absolute Gasteiger partial charge is 0.368 e. The summed E-state index contributed by atoms with van der Waals surface area (Å²) in [6.07, 6.45) is 1.61. The van der Waals surface area contributed by atoms with E-state index in [0.29, 0.717) is 22.2 Å². The van der Waals surface area contributed by atoms with Crippen molar-refractivity contribution in [2.75, 3.05) is 7.05 Å². The second kappa shape index (κ2) is 8.22. The summed E-state index contributed by atoms with van der Waals surface area (Å²) < 4.78 is 15.5. The van der Waals surface area contributed by atoms with Gasteiger partial charge in [0.25, 0.3) is 5.91 Å². The zero-order valence-corrected chi connectivity index (χ0v) is 17.8. The molecule has 30 heavy (non-hydrogen) atoms. The minimum absolute atomic E-state index is 0.0590. The highest BCUT2D eigenvalue weighted by atomic mass is 19.1. The molecule has 2 amide bonds. The summed E-state index contributed by atoms with van der Waals surface area (Å²) in [6, 6.07) is 6.20. The molecule has 3 aromatic rings. The van der Waals surface area contributed by atoms with Crippen LogP contribution in [0.15, 0.2) is 36.5 Å². The SMILES string of the molecule is CC(C)c1cc(C(=O)N(C)C(C(N)=O)c2cccc(F)c2)c2cnn(C(C)C)c2n1. The highest BCUT2D eigenvalue weighted by Gasteiger charge is 2.30. The Kier molecular flexibility index (Phi) is 5.87. The van der Waals surface area contributed by atoms with Crippen molar-refractivity contribution in [3.63, 3.8) is 0 Å². The number of carbonyl (C=O) groups excluding carboxylic acids is 2. The zero-order chi connectivity index (χ0) is 22.2. The number of fused-ring (bicyclic) bond motifs is 1. The highest BCUT2D eigenvalue weighted by Crippen LogP contribution is 2.28. The Morgan fingerprint density at radius 1 is 1.17 bits per heavy atom. The fraction of sp³-hybridized carbons (Fsp3) is 0.364. The molecule has 1 atom stereocenters. The minimum atomic E-state index is -1.11. The molecule has 1 unspecified atom stereocenters. The third-order valence-electron chi connectivity index (χ3n) is 5.04. The predicted molar refractivity (Wildman–Crippen MR) is 112 cm³/mol. The van der Waals surface area contributed by atoms with E-state index < -0.39 is 23.7 Å². The number of hydrogen-bond acceptors (Lipinski definition) is 4. The number of primary amides is 1. The van der Waals surface area contributed by atoms with Gasteiger partial charge in [0, 0.05) is 18.8 Å². The topological polar surface area (TPSA) is 94.1 Å². The summed E-state index contributed by atoms with van der Waals surface area (Å²) in [5.41, 5.74) is 7.62. The molecule has 0 radical (unpaired) electrons. The first kappa shape index (κ1) is 21.4. The van der Waals surface area contributed by atoms with Crippen molar-refractivity contribution in [2.24, 2.45) is 5.73 Å². The van der Waals surface area contributed by atoms with Crippen molar-refractivity contribution in [1.29, 1.82) is 0 Å². The second-order valence-electron chi connectivity index (χ2n) is 7.95. The monoisotopic (exact) mass is 411 g/mol. The average molecular weight is 411 g/mol. The summed E-state index contributed by atoms with van der Waals surface area (Å²) in [5, 5.41) is 4.98. The molecule has 0 aliphatic rings. The lowest BCUT2D eigenvalue weighted by atomic mass is 10.0. The van der Waals surface area contributed by atoms with Crippen molar-refractivity contribution in [1.82, 2.24) is 19.7 Å². The maximum atomic E-state index is 13.7. The molecule has 2 aromatic heterocycles. The quantitative estimate of drug-likeness (QED) is 0.671. The van der Waals surface area contributed by atoms with Crippen LogP contribution < -0.4 is 5.73 Å². The second-order valence-corrected chi connectivity index (χ2v) is 7.95. The van der Waals surface area contributed by atoms with E-state index in [1.165, 1.54) is 30.1 Å². The maximum Gasteiger partial charge on any atom is 0.255 e. The van der Waals surface area contributed by atoms with E-state index >= 15 is 0 Å². The van der Waals surface area contributed by atoms with Gasteiger partial charge < -0.3 is 10.6 Å². The Morgan fingerprint density at radius 3 is 2.43 bits per heavy atom. The molecule has 0 aliphatic carbocycles. The van der Waals surface area contributed by atoms with Gasteiger partial charge >= 0.3 is 0 Å². The van der Waals surface area contributed by atoms with Gasteiger partial charge in [-0.25, -0.2) is 14.1 Å². The number of nitrogens with zero attached hydrogens (tertiary/aromatic N) is 4. The minimum Gasteiger partial charge on any atom is -0.368 e.